The Labute approximate surface area is 86.2 Å². The summed E-state index contributed by atoms with van der Waals surface area (Å²) >= 11 is 3.47. The molecule has 70 valence electrons. The molecule has 0 aromatic heterocycles. The molecular formula is C10H12BrNO. The Morgan fingerprint density at radius 2 is 2.38 bits per heavy atom. The number of nitrogens with two attached hydrogens (primary N) is 1. The third kappa shape index (κ3) is 1.71. The monoisotopic (exact) mass is 241 g/mol. The number of hydrogen-bond acceptors (Lipinski definition) is 2. The van der Waals surface area contributed by atoms with E-state index in [1.54, 1.807) is 0 Å². The Morgan fingerprint density at radius 1 is 1.54 bits per heavy atom. The molecule has 0 saturated heterocycles. The predicted molar refractivity (Wildman–Crippen MR) is 55.9 cm³/mol. The predicted octanol–water partition coefficient (Wildman–Crippen LogP) is 2.10. The van der Waals surface area contributed by atoms with Gasteiger partial charge < -0.3 is 10.5 Å². The van der Waals surface area contributed by atoms with Crippen molar-refractivity contribution in [2.75, 3.05) is 6.54 Å². The van der Waals surface area contributed by atoms with Crippen molar-refractivity contribution in [1.82, 2.24) is 0 Å². The first-order valence-corrected chi connectivity index (χ1v) is 5.24. The summed E-state index contributed by atoms with van der Waals surface area (Å²) in [7, 11) is 0. The second kappa shape index (κ2) is 3.68. The average Bonchev–Trinajstić information content (AvgIpc) is 2.18. The van der Waals surface area contributed by atoms with Crippen LogP contribution in [0.2, 0.25) is 0 Å². The molecule has 3 heteroatoms. The highest BCUT2D eigenvalue weighted by Gasteiger charge is 2.19. The van der Waals surface area contributed by atoms with Gasteiger partial charge in [0.2, 0.25) is 0 Å². The summed E-state index contributed by atoms with van der Waals surface area (Å²) in [5.74, 6) is 0.976. The van der Waals surface area contributed by atoms with Crippen LogP contribution in [-0.2, 0) is 6.42 Å². The molecule has 2 rings (SSSR count). The fourth-order valence-electron chi connectivity index (χ4n) is 1.59. The van der Waals surface area contributed by atoms with Crippen LogP contribution < -0.4 is 10.5 Å². The zero-order chi connectivity index (χ0) is 9.26. The van der Waals surface area contributed by atoms with Crippen molar-refractivity contribution in [3.8, 4) is 5.75 Å². The molecule has 1 heterocycles. The molecule has 1 unspecified atom stereocenters. The van der Waals surface area contributed by atoms with E-state index >= 15 is 0 Å². The number of ether oxygens (including phenoxy) is 1. The zero-order valence-electron chi connectivity index (χ0n) is 7.29. The molecule has 0 saturated carbocycles. The van der Waals surface area contributed by atoms with Gasteiger partial charge in [0.15, 0.2) is 0 Å². The van der Waals surface area contributed by atoms with Gasteiger partial charge in [-0.2, -0.15) is 0 Å². The van der Waals surface area contributed by atoms with Crippen LogP contribution in [-0.4, -0.2) is 12.6 Å². The van der Waals surface area contributed by atoms with Crippen molar-refractivity contribution in [1.29, 1.82) is 0 Å². The Morgan fingerprint density at radius 3 is 3.15 bits per heavy atom. The van der Waals surface area contributed by atoms with E-state index in [1.165, 1.54) is 5.56 Å². The lowest BCUT2D eigenvalue weighted by atomic mass is 10.0. The van der Waals surface area contributed by atoms with Crippen LogP contribution in [0.3, 0.4) is 0 Å². The number of rotatable bonds is 1. The van der Waals surface area contributed by atoms with Gasteiger partial charge in [0.1, 0.15) is 11.9 Å². The maximum Gasteiger partial charge on any atom is 0.137 e. The molecular weight excluding hydrogens is 230 g/mol. The Balaban J connectivity index is 2.32. The normalized spacial score (nSPS) is 20.6. The van der Waals surface area contributed by atoms with Crippen LogP contribution in [0.25, 0.3) is 0 Å². The first-order chi connectivity index (χ1) is 6.31. The number of halogens is 1. The molecule has 1 aliphatic heterocycles. The molecule has 2 nitrogen and oxygen atoms in total. The van der Waals surface area contributed by atoms with Crippen LogP contribution in [0.1, 0.15) is 12.0 Å². The van der Waals surface area contributed by atoms with Gasteiger partial charge in [0.05, 0.1) is 4.47 Å². The average molecular weight is 242 g/mol. The van der Waals surface area contributed by atoms with E-state index in [2.05, 4.69) is 22.0 Å². The largest absolute Gasteiger partial charge is 0.488 e. The zero-order valence-corrected chi connectivity index (χ0v) is 8.88. The fraction of sp³-hybridized carbons (Fsp3) is 0.400. The van der Waals surface area contributed by atoms with E-state index in [0.29, 0.717) is 6.54 Å². The summed E-state index contributed by atoms with van der Waals surface area (Å²) in [6.45, 7) is 0.598. The van der Waals surface area contributed by atoms with Gasteiger partial charge >= 0.3 is 0 Å². The van der Waals surface area contributed by atoms with E-state index in [1.807, 2.05) is 12.1 Å². The summed E-state index contributed by atoms with van der Waals surface area (Å²) in [5.41, 5.74) is 6.85. The number of fused-ring (bicyclic) bond motifs is 1. The molecule has 0 fully saturated rings. The molecule has 0 amide bonds. The number of benzene rings is 1. The van der Waals surface area contributed by atoms with Crippen LogP contribution >= 0.6 is 15.9 Å². The maximum atomic E-state index is 5.74. The smallest absolute Gasteiger partial charge is 0.137 e. The molecule has 0 bridgehead atoms. The summed E-state index contributed by atoms with van der Waals surface area (Å²) in [5, 5.41) is 0. The fourth-order valence-corrected chi connectivity index (χ4v) is 2.09. The molecule has 1 aliphatic rings. The highest BCUT2D eigenvalue weighted by atomic mass is 79.9. The summed E-state index contributed by atoms with van der Waals surface area (Å²) in [4.78, 5) is 0. The van der Waals surface area contributed by atoms with Crippen molar-refractivity contribution < 1.29 is 4.74 Å². The summed E-state index contributed by atoms with van der Waals surface area (Å²) in [6.07, 6.45) is 2.28. The molecule has 1 aromatic carbocycles. The maximum absolute atomic E-state index is 5.74. The van der Waals surface area contributed by atoms with Crippen molar-refractivity contribution in [3.63, 3.8) is 0 Å². The van der Waals surface area contributed by atoms with Gasteiger partial charge in [-0.1, -0.05) is 12.1 Å². The summed E-state index contributed by atoms with van der Waals surface area (Å²) < 4.78 is 6.77. The Hall–Kier alpha value is -0.540. The molecule has 2 N–H and O–H groups in total. The second-order valence-corrected chi connectivity index (χ2v) is 4.10. The van der Waals surface area contributed by atoms with Crippen molar-refractivity contribution in [3.05, 3.63) is 28.2 Å². The minimum Gasteiger partial charge on any atom is -0.488 e. The van der Waals surface area contributed by atoms with E-state index in [4.69, 9.17) is 10.5 Å². The first kappa shape index (κ1) is 9.03. The van der Waals surface area contributed by atoms with Crippen LogP contribution in [0, 0.1) is 0 Å². The minimum atomic E-state index is 0.186. The molecule has 1 aromatic rings. The Bertz CT molecular complexity index is 314. The highest BCUT2D eigenvalue weighted by molar-refractivity contribution is 9.10. The van der Waals surface area contributed by atoms with Gasteiger partial charge in [-0.25, -0.2) is 0 Å². The standard InChI is InChI=1S/C10H12BrNO/c11-9-3-1-2-7-4-5-8(6-12)13-10(7)9/h1-3,8H,4-6,12H2. The van der Waals surface area contributed by atoms with E-state index < -0.39 is 0 Å². The molecule has 0 spiro atoms. The number of aryl methyl sites for hydroxylation is 1. The summed E-state index contributed by atoms with van der Waals surface area (Å²) in [6, 6.07) is 6.14. The third-order valence-electron chi connectivity index (χ3n) is 2.33. The first-order valence-electron chi connectivity index (χ1n) is 4.45. The van der Waals surface area contributed by atoms with Gasteiger partial charge in [-0.3, -0.25) is 0 Å². The molecule has 0 radical (unpaired) electrons. The van der Waals surface area contributed by atoms with Gasteiger partial charge in [0, 0.05) is 6.54 Å². The van der Waals surface area contributed by atoms with Gasteiger partial charge in [0.25, 0.3) is 0 Å². The lowest BCUT2D eigenvalue weighted by Crippen LogP contribution is -2.30. The van der Waals surface area contributed by atoms with Crippen LogP contribution in [0.4, 0.5) is 0 Å². The van der Waals surface area contributed by atoms with Crippen molar-refractivity contribution >= 4 is 15.9 Å². The Kier molecular flexibility index (Phi) is 2.56. The quantitative estimate of drug-likeness (QED) is 0.818. The number of hydrogen-bond donors (Lipinski definition) is 1. The lowest BCUT2D eigenvalue weighted by molar-refractivity contribution is 0.180. The van der Waals surface area contributed by atoms with Crippen LogP contribution in [0.5, 0.6) is 5.75 Å². The molecule has 0 aliphatic carbocycles. The minimum absolute atomic E-state index is 0.186. The van der Waals surface area contributed by atoms with E-state index in [-0.39, 0.29) is 6.10 Å². The van der Waals surface area contributed by atoms with Crippen molar-refractivity contribution in [2.24, 2.45) is 5.73 Å². The molecule has 13 heavy (non-hydrogen) atoms. The van der Waals surface area contributed by atoms with E-state index in [9.17, 15) is 0 Å². The second-order valence-electron chi connectivity index (χ2n) is 3.24. The third-order valence-corrected chi connectivity index (χ3v) is 2.96. The van der Waals surface area contributed by atoms with Crippen LogP contribution in [0.15, 0.2) is 22.7 Å². The highest BCUT2D eigenvalue weighted by Crippen LogP contribution is 2.34. The van der Waals surface area contributed by atoms with E-state index in [0.717, 1.165) is 23.1 Å². The molecule has 1 atom stereocenters. The van der Waals surface area contributed by atoms with Gasteiger partial charge in [-0.15, -0.1) is 0 Å². The number of para-hydroxylation sites is 1. The van der Waals surface area contributed by atoms with Gasteiger partial charge in [-0.05, 0) is 40.4 Å². The lowest BCUT2D eigenvalue weighted by Gasteiger charge is -2.25. The SMILES string of the molecule is NCC1CCc2cccc(Br)c2O1. The topological polar surface area (TPSA) is 35.2 Å². The van der Waals surface area contributed by atoms with Crippen molar-refractivity contribution in [2.45, 2.75) is 18.9 Å².